The Bertz CT molecular complexity index is 893. The normalized spacial score (nSPS) is 14.1. The highest BCUT2D eigenvalue weighted by Crippen LogP contribution is 2.34. The van der Waals surface area contributed by atoms with Gasteiger partial charge in [0, 0.05) is 48.7 Å². The highest BCUT2D eigenvalue weighted by atomic mass is 16.5. The van der Waals surface area contributed by atoms with Crippen LogP contribution in [0, 0.1) is 0 Å². The van der Waals surface area contributed by atoms with Gasteiger partial charge in [-0.3, -0.25) is 10.00 Å². The van der Waals surface area contributed by atoms with Gasteiger partial charge in [0.1, 0.15) is 5.75 Å². The fraction of sp³-hybridized carbons (Fsp3) is 0.200. The second kappa shape index (κ2) is 6.92. The number of amides is 2. The molecule has 1 aromatic heterocycles. The molecule has 0 aliphatic carbocycles. The van der Waals surface area contributed by atoms with E-state index < -0.39 is 0 Å². The summed E-state index contributed by atoms with van der Waals surface area (Å²) in [6.45, 7) is 2.00. The van der Waals surface area contributed by atoms with Crippen LogP contribution in [0.1, 0.15) is 5.56 Å². The summed E-state index contributed by atoms with van der Waals surface area (Å²) in [6.07, 6.45) is 3.57. The molecule has 6 heteroatoms. The molecule has 2 heterocycles. The van der Waals surface area contributed by atoms with Gasteiger partial charge in [0.2, 0.25) is 0 Å². The van der Waals surface area contributed by atoms with Crippen LogP contribution in [0.15, 0.2) is 60.9 Å². The molecule has 0 atom stereocenters. The molecule has 0 radical (unpaired) electrons. The van der Waals surface area contributed by atoms with Gasteiger partial charge in [-0.15, -0.1) is 0 Å². The van der Waals surface area contributed by atoms with Crippen LogP contribution < -0.4 is 9.64 Å². The molecular weight excluding hydrogens is 328 g/mol. The molecule has 0 saturated carbocycles. The van der Waals surface area contributed by atoms with E-state index in [1.807, 2.05) is 59.6 Å². The number of H-pyrrole nitrogens is 1. The number of nitrogens with zero attached hydrogens (tertiary/aromatic N) is 3. The van der Waals surface area contributed by atoms with E-state index in [9.17, 15) is 4.79 Å². The number of hydrogen-bond donors (Lipinski definition) is 1. The van der Waals surface area contributed by atoms with Gasteiger partial charge in [0.15, 0.2) is 0 Å². The Morgan fingerprint density at radius 3 is 2.73 bits per heavy atom. The van der Waals surface area contributed by atoms with Gasteiger partial charge >= 0.3 is 6.03 Å². The minimum absolute atomic E-state index is 0.0203. The summed E-state index contributed by atoms with van der Waals surface area (Å²) in [5.74, 6) is 0.721. The molecule has 26 heavy (non-hydrogen) atoms. The van der Waals surface area contributed by atoms with Crippen LogP contribution in [0.2, 0.25) is 0 Å². The summed E-state index contributed by atoms with van der Waals surface area (Å²) in [7, 11) is 1.64. The monoisotopic (exact) mass is 348 g/mol. The summed E-state index contributed by atoms with van der Waals surface area (Å²) in [5.41, 5.74) is 3.87. The van der Waals surface area contributed by atoms with Gasteiger partial charge in [-0.25, -0.2) is 4.79 Å². The number of benzene rings is 2. The van der Waals surface area contributed by atoms with E-state index in [2.05, 4.69) is 10.2 Å². The lowest BCUT2D eigenvalue weighted by molar-refractivity contribution is 0.219. The van der Waals surface area contributed by atoms with Gasteiger partial charge in [-0.2, -0.15) is 5.10 Å². The van der Waals surface area contributed by atoms with Crippen LogP contribution in [0.25, 0.3) is 11.1 Å². The van der Waals surface area contributed by atoms with E-state index in [0.29, 0.717) is 19.6 Å². The molecule has 132 valence electrons. The van der Waals surface area contributed by atoms with Crippen molar-refractivity contribution in [2.75, 3.05) is 25.1 Å². The number of rotatable bonds is 5. The second-order valence-electron chi connectivity index (χ2n) is 6.21. The van der Waals surface area contributed by atoms with Crippen molar-refractivity contribution in [1.82, 2.24) is 15.1 Å². The van der Waals surface area contributed by atoms with Gasteiger partial charge in [0.25, 0.3) is 0 Å². The molecule has 1 saturated heterocycles. The van der Waals surface area contributed by atoms with E-state index in [4.69, 9.17) is 4.74 Å². The van der Waals surface area contributed by atoms with Crippen LogP contribution in [0.3, 0.4) is 0 Å². The van der Waals surface area contributed by atoms with Gasteiger partial charge < -0.3 is 9.64 Å². The second-order valence-corrected chi connectivity index (χ2v) is 6.21. The Labute approximate surface area is 152 Å². The molecule has 1 aliphatic rings. The maximum absolute atomic E-state index is 12.8. The summed E-state index contributed by atoms with van der Waals surface area (Å²) in [6, 6.07) is 15.9. The third-order valence-electron chi connectivity index (χ3n) is 4.62. The minimum atomic E-state index is 0.0203. The number of aromatic amines is 1. The number of urea groups is 1. The van der Waals surface area contributed by atoms with Crippen LogP contribution in [-0.4, -0.2) is 41.3 Å². The standard InChI is InChI=1S/C20H20N4O2/c1-26-19-11-17(7-8-18(19)16-12-21-22-13-16)24-10-9-23(20(24)25)14-15-5-3-2-4-6-15/h2-8,11-13H,9-10,14H2,1H3,(H,21,22). The van der Waals surface area contributed by atoms with Crippen molar-refractivity contribution in [1.29, 1.82) is 0 Å². The van der Waals surface area contributed by atoms with Crippen LogP contribution in [0.5, 0.6) is 5.75 Å². The zero-order valence-corrected chi connectivity index (χ0v) is 14.6. The van der Waals surface area contributed by atoms with Gasteiger partial charge in [0.05, 0.1) is 13.3 Å². The van der Waals surface area contributed by atoms with Crippen LogP contribution >= 0.6 is 0 Å². The summed E-state index contributed by atoms with van der Waals surface area (Å²) in [4.78, 5) is 16.5. The Balaban J connectivity index is 1.55. The largest absolute Gasteiger partial charge is 0.496 e. The maximum Gasteiger partial charge on any atom is 0.324 e. The Morgan fingerprint density at radius 1 is 1.15 bits per heavy atom. The topological polar surface area (TPSA) is 61.5 Å². The lowest BCUT2D eigenvalue weighted by atomic mass is 10.1. The highest BCUT2D eigenvalue weighted by Gasteiger charge is 2.30. The van der Waals surface area contributed by atoms with Crippen molar-refractivity contribution in [3.63, 3.8) is 0 Å². The summed E-state index contributed by atoms with van der Waals surface area (Å²) < 4.78 is 5.53. The van der Waals surface area contributed by atoms with Crippen molar-refractivity contribution >= 4 is 11.7 Å². The SMILES string of the molecule is COc1cc(N2CCN(Cc3ccccc3)C2=O)ccc1-c1cn[nH]c1. The molecule has 2 aromatic carbocycles. The van der Waals surface area contributed by atoms with Crippen molar-refractivity contribution < 1.29 is 9.53 Å². The van der Waals surface area contributed by atoms with E-state index >= 15 is 0 Å². The fourth-order valence-electron chi connectivity index (χ4n) is 3.26. The van der Waals surface area contributed by atoms with Crippen molar-refractivity contribution in [2.45, 2.75) is 6.54 Å². The molecule has 0 unspecified atom stereocenters. The molecular formula is C20H20N4O2. The number of anilines is 1. The lowest BCUT2D eigenvalue weighted by Gasteiger charge is -2.20. The van der Waals surface area contributed by atoms with E-state index in [-0.39, 0.29) is 6.03 Å². The van der Waals surface area contributed by atoms with Crippen molar-refractivity contribution in [3.05, 3.63) is 66.5 Å². The zero-order chi connectivity index (χ0) is 17.9. The number of carbonyl (C=O) groups excluding carboxylic acids is 1. The van der Waals surface area contributed by atoms with E-state index in [1.165, 1.54) is 0 Å². The summed E-state index contributed by atoms with van der Waals surface area (Å²) >= 11 is 0. The minimum Gasteiger partial charge on any atom is -0.496 e. The molecule has 2 amide bonds. The number of carbonyl (C=O) groups is 1. The van der Waals surface area contributed by atoms with Crippen LogP contribution in [0.4, 0.5) is 10.5 Å². The molecule has 1 fully saturated rings. The van der Waals surface area contributed by atoms with Gasteiger partial charge in [-0.1, -0.05) is 30.3 Å². The lowest BCUT2D eigenvalue weighted by Crippen LogP contribution is -2.31. The molecule has 0 bridgehead atoms. The number of aromatic nitrogens is 2. The van der Waals surface area contributed by atoms with Gasteiger partial charge in [-0.05, 0) is 17.7 Å². The third kappa shape index (κ3) is 3.01. The molecule has 6 nitrogen and oxygen atoms in total. The number of methoxy groups -OCH3 is 1. The molecule has 1 N–H and O–H groups in total. The maximum atomic E-state index is 12.8. The molecule has 3 aromatic rings. The molecule has 0 spiro atoms. The number of hydrogen-bond acceptors (Lipinski definition) is 3. The smallest absolute Gasteiger partial charge is 0.324 e. The Hall–Kier alpha value is -3.28. The highest BCUT2D eigenvalue weighted by molar-refractivity contribution is 5.94. The first-order chi connectivity index (χ1) is 12.8. The first-order valence-electron chi connectivity index (χ1n) is 8.54. The Morgan fingerprint density at radius 2 is 2.00 bits per heavy atom. The predicted octanol–water partition coefficient (Wildman–Crippen LogP) is 3.53. The molecule has 4 rings (SSSR count). The summed E-state index contributed by atoms with van der Waals surface area (Å²) in [5, 5.41) is 6.79. The number of nitrogens with one attached hydrogen (secondary N) is 1. The first kappa shape index (κ1) is 16.2. The quantitative estimate of drug-likeness (QED) is 0.767. The van der Waals surface area contributed by atoms with Crippen LogP contribution in [-0.2, 0) is 6.54 Å². The predicted molar refractivity (Wildman–Crippen MR) is 100 cm³/mol. The van der Waals surface area contributed by atoms with E-state index in [1.54, 1.807) is 18.2 Å². The average molecular weight is 348 g/mol. The zero-order valence-electron chi connectivity index (χ0n) is 14.6. The third-order valence-corrected chi connectivity index (χ3v) is 4.62. The number of ether oxygens (including phenoxy) is 1. The Kier molecular flexibility index (Phi) is 4.31. The fourth-order valence-corrected chi connectivity index (χ4v) is 3.26. The van der Waals surface area contributed by atoms with E-state index in [0.717, 1.165) is 28.1 Å². The van der Waals surface area contributed by atoms with Crippen molar-refractivity contribution in [2.24, 2.45) is 0 Å². The average Bonchev–Trinajstić information content (AvgIpc) is 3.33. The first-order valence-corrected chi connectivity index (χ1v) is 8.54. The molecule has 1 aliphatic heterocycles. The van der Waals surface area contributed by atoms with Crippen molar-refractivity contribution in [3.8, 4) is 16.9 Å².